The Kier molecular flexibility index (Phi) is 6.08. The lowest BCUT2D eigenvalue weighted by molar-refractivity contribution is -0.135. The number of nitrogens with zero attached hydrogens (tertiary/aromatic N) is 2. The van der Waals surface area contributed by atoms with Gasteiger partial charge < -0.3 is 14.5 Å². The summed E-state index contributed by atoms with van der Waals surface area (Å²) in [6, 6.07) is 15.2. The molecule has 158 valence electrons. The third kappa shape index (κ3) is 4.49. The Morgan fingerprint density at radius 3 is 2.74 bits per heavy atom. The summed E-state index contributed by atoms with van der Waals surface area (Å²) in [5.74, 6) is -0.0567. The van der Waals surface area contributed by atoms with E-state index in [4.69, 9.17) is 4.74 Å². The number of H-pyrrole nitrogens is 1. The molecule has 1 amide bonds. The molecule has 1 aliphatic rings. The highest BCUT2D eigenvalue weighted by molar-refractivity contribution is 8.18. The number of hydrogen-bond donors (Lipinski definition) is 1. The van der Waals surface area contributed by atoms with Gasteiger partial charge in [0.15, 0.2) is 5.17 Å². The molecule has 0 saturated carbocycles. The maximum Gasteiger partial charge on any atom is 0.331 e. The molecular weight excluding hydrogens is 414 g/mol. The number of aromatic amines is 1. The first-order valence-electron chi connectivity index (χ1n) is 9.66. The standard InChI is InChI=1S/C23H21N3O4S/c1-29-17-8-9-19-18(12-17)15(14-24-19)10-11-26-22(28)20(13-21(27)30-2)31-23(26)25-16-6-4-3-5-7-16/h3-9,12-14,24H,10-11H2,1-2H3. The SMILES string of the molecule is COC(=O)C=C1SC(=Nc2ccccc2)N(CCc2c[nH]c3ccc(OC)cc23)C1=O. The van der Waals surface area contributed by atoms with Crippen LogP contribution in [-0.4, -0.2) is 47.7 Å². The summed E-state index contributed by atoms with van der Waals surface area (Å²) in [6.45, 7) is 0.417. The van der Waals surface area contributed by atoms with E-state index in [1.54, 1.807) is 12.0 Å². The predicted molar refractivity (Wildman–Crippen MR) is 121 cm³/mol. The second kappa shape index (κ2) is 9.09. The molecule has 8 heteroatoms. The van der Waals surface area contributed by atoms with Crippen LogP contribution >= 0.6 is 11.8 Å². The van der Waals surface area contributed by atoms with Gasteiger partial charge in [-0.3, -0.25) is 9.69 Å². The van der Waals surface area contributed by atoms with E-state index in [0.29, 0.717) is 23.0 Å². The predicted octanol–water partition coefficient (Wildman–Crippen LogP) is 4.04. The van der Waals surface area contributed by atoms with Gasteiger partial charge in [-0.1, -0.05) is 18.2 Å². The summed E-state index contributed by atoms with van der Waals surface area (Å²) in [5.41, 5.74) is 2.80. The van der Waals surface area contributed by atoms with Crippen molar-refractivity contribution in [1.29, 1.82) is 0 Å². The minimum atomic E-state index is -0.569. The maximum atomic E-state index is 13.0. The van der Waals surface area contributed by atoms with Crippen LogP contribution < -0.4 is 4.74 Å². The minimum Gasteiger partial charge on any atom is -0.497 e. The Morgan fingerprint density at radius 2 is 2.00 bits per heavy atom. The lowest BCUT2D eigenvalue weighted by atomic mass is 10.1. The van der Waals surface area contributed by atoms with E-state index in [9.17, 15) is 9.59 Å². The van der Waals surface area contributed by atoms with E-state index in [0.717, 1.165) is 27.9 Å². The molecule has 1 saturated heterocycles. The molecule has 7 nitrogen and oxygen atoms in total. The highest BCUT2D eigenvalue weighted by Crippen LogP contribution is 2.33. The molecule has 1 fully saturated rings. The van der Waals surface area contributed by atoms with Crippen LogP contribution in [0.5, 0.6) is 5.75 Å². The zero-order valence-corrected chi connectivity index (χ0v) is 17.9. The Labute approximate surface area is 183 Å². The van der Waals surface area contributed by atoms with E-state index in [-0.39, 0.29) is 5.91 Å². The van der Waals surface area contributed by atoms with Crippen molar-refractivity contribution < 1.29 is 19.1 Å². The molecule has 1 aromatic heterocycles. The summed E-state index contributed by atoms with van der Waals surface area (Å²) in [7, 11) is 2.92. The van der Waals surface area contributed by atoms with Gasteiger partial charge in [0.05, 0.1) is 24.8 Å². The number of rotatable bonds is 6. The van der Waals surface area contributed by atoms with Crippen LogP contribution in [0.4, 0.5) is 5.69 Å². The molecule has 4 rings (SSSR count). The summed E-state index contributed by atoms with van der Waals surface area (Å²) in [5, 5.41) is 1.58. The summed E-state index contributed by atoms with van der Waals surface area (Å²) in [6.07, 6.45) is 3.76. The zero-order chi connectivity index (χ0) is 21.8. The number of thioether (sulfide) groups is 1. The van der Waals surface area contributed by atoms with Gasteiger partial charge in [-0.25, -0.2) is 9.79 Å². The van der Waals surface area contributed by atoms with Crippen molar-refractivity contribution >= 4 is 45.4 Å². The van der Waals surface area contributed by atoms with Gasteiger partial charge in [-0.2, -0.15) is 0 Å². The van der Waals surface area contributed by atoms with E-state index in [1.165, 1.54) is 24.9 Å². The van der Waals surface area contributed by atoms with Crippen molar-refractivity contribution in [3.05, 3.63) is 71.3 Å². The van der Waals surface area contributed by atoms with Gasteiger partial charge in [-0.05, 0) is 54.1 Å². The van der Waals surface area contributed by atoms with Crippen LogP contribution in [0.2, 0.25) is 0 Å². The number of amidine groups is 1. The third-order valence-corrected chi connectivity index (χ3v) is 5.91. The van der Waals surface area contributed by atoms with Crippen LogP contribution in [0, 0.1) is 0 Å². The molecule has 2 aromatic carbocycles. The summed E-state index contributed by atoms with van der Waals surface area (Å²) >= 11 is 1.17. The fraction of sp³-hybridized carbons (Fsp3) is 0.174. The van der Waals surface area contributed by atoms with Crippen LogP contribution in [0.15, 0.2) is 70.7 Å². The van der Waals surface area contributed by atoms with Crippen LogP contribution in [0.25, 0.3) is 10.9 Å². The zero-order valence-electron chi connectivity index (χ0n) is 17.1. The molecule has 0 unspecified atom stereocenters. The van der Waals surface area contributed by atoms with Crippen molar-refractivity contribution in [2.45, 2.75) is 6.42 Å². The molecule has 0 radical (unpaired) electrons. The average molecular weight is 436 g/mol. The molecular formula is C23H21N3O4S. The van der Waals surface area contributed by atoms with Gasteiger partial charge in [-0.15, -0.1) is 0 Å². The van der Waals surface area contributed by atoms with Gasteiger partial charge in [0.1, 0.15) is 5.75 Å². The van der Waals surface area contributed by atoms with Crippen LogP contribution in [0.3, 0.4) is 0 Å². The number of carbonyl (C=O) groups excluding carboxylic acids is 2. The average Bonchev–Trinajstić information content (AvgIpc) is 3.33. The van der Waals surface area contributed by atoms with E-state index < -0.39 is 5.97 Å². The Balaban J connectivity index is 1.62. The summed E-state index contributed by atoms with van der Waals surface area (Å²) < 4.78 is 10.0. The Bertz CT molecular complexity index is 1180. The summed E-state index contributed by atoms with van der Waals surface area (Å²) in [4.78, 5) is 34.5. The highest BCUT2D eigenvalue weighted by Gasteiger charge is 2.34. The normalized spacial score (nSPS) is 16.5. The molecule has 0 bridgehead atoms. The monoisotopic (exact) mass is 435 g/mol. The van der Waals surface area contributed by atoms with Gasteiger partial charge in [0.25, 0.3) is 5.91 Å². The van der Waals surface area contributed by atoms with E-state index in [1.807, 2.05) is 54.7 Å². The molecule has 3 aromatic rings. The number of benzene rings is 2. The molecule has 0 aliphatic carbocycles. The van der Waals surface area contributed by atoms with E-state index >= 15 is 0 Å². The van der Waals surface area contributed by atoms with Crippen molar-refractivity contribution in [2.75, 3.05) is 20.8 Å². The topological polar surface area (TPSA) is 84.0 Å². The maximum absolute atomic E-state index is 13.0. The molecule has 2 heterocycles. The van der Waals surface area contributed by atoms with Crippen LogP contribution in [-0.2, 0) is 20.7 Å². The van der Waals surface area contributed by atoms with Gasteiger partial charge in [0, 0.05) is 29.7 Å². The van der Waals surface area contributed by atoms with Crippen LogP contribution in [0.1, 0.15) is 5.56 Å². The van der Waals surface area contributed by atoms with Crippen molar-refractivity contribution in [3.8, 4) is 5.75 Å². The lowest BCUT2D eigenvalue weighted by Crippen LogP contribution is -2.31. The fourth-order valence-corrected chi connectivity index (χ4v) is 4.28. The Hall–Kier alpha value is -3.52. The van der Waals surface area contributed by atoms with Crippen molar-refractivity contribution in [3.63, 3.8) is 0 Å². The number of amides is 1. The second-order valence-electron chi connectivity index (χ2n) is 6.80. The highest BCUT2D eigenvalue weighted by atomic mass is 32.2. The fourth-order valence-electron chi connectivity index (χ4n) is 3.29. The van der Waals surface area contributed by atoms with Crippen molar-refractivity contribution in [1.82, 2.24) is 9.88 Å². The number of methoxy groups -OCH3 is 2. The molecule has 0 atom stereocenters. The number of esters is 1. The minimum absolute atomic E-state index is 0.262. The number of nitrogens with one attached hydrogen (secondary N) is 1. The van der Waals surface area contributed by atoms with Crippen molar-refractivity contribution in [2.24, 2.45) is 4.99 Å². The largest absolute Gasteiger partial charge is 0.497 e. The molecule has 1 N–H and O–H groups in total. The number of aliphatic imine (C=N–C) groups is 1. The quantitative estimate of drug-likeness (QED) is 0.467. The van der Waals surface area contributed by atoms with Gasteiger partial charge >= 0.3 is 5.97 Å². The molecule has 1 aliphatic heterocycles. The number of ether oxygens (including phenoxy) is 2. The smallest absolute Gasteiger partial charge is 0.331 e. The Morgan fingerprint density at radius 1 is 1.19 bits per heavy atom. The molecule has 0 spiro atoms. The number of carbonyl (C=O) groups is 2. The third-order valence-electron chi connectivity index (χ3n) is 4.90. The number of aromatic nitrogens is 1. The first kappa shape index (κ1) is 20.7. The second-order valence-corrected chi connectivity index (χ2v) is 7.81. The number of hydrogen-bond acceptors (Lipinski definition) is 6. The van der Waals surface area contributed by atoms with Gasteiger partial charge in [0.2, 0.25) is 0 Å². The first-order valence-corrected chi connectivity index (χ1v) is 10.5. The first-order chi connectivity index (χ1) is 15.1. The number of fused-ring (bicyclic) bond motifs is 1. The number of para-hydroxylation sites is 1. The lowest BCUT2D eigenvalue weighted by Gasteiger charge is -2.15. The van der Waals surface area contributed by atoms with E-state index in [2.05, 4.69) is 14.7 Å². The molecule has 31 heavy (non-hydrogen) atoms.